The van der Waals surface area contributed by atoms with Crippen LogP contribution in [0, 0.1) is 0 Å². The van der Waals surface area contributed by atoms with E-state index in [-0.39, 0.29) is 23.7 Å². The Balaban J connectivity index is 1.55. The Bertz CT molecular complexity index is 1200. The molecule has 188 valence electrons. The molecule has 3 aromatic rings. The van der Waals surface area contributed by atoms with E-state index >= 15 is 0 Å². The molecular weight excluding hydrogens is 464 g/mol. The number of esters is 1. The van der Waals surface area contributed by atoms with Gasteiger partial charge in [0.1, 0.15) is 5.75 Å². The standard InChI is InChI=1S/C27H28N2O7/c1-18(26(31)28-16-19-9-5-4-6-10-19)36-27(32)20-13-14-23(24(15-20)34-3)35-17-25(30)29-21-11-7-8-12-22(21)33-2/h4-15,18H,16-17H2,1-3H3,(H,28,31)(H,29,30). The third kappa shape index (κ3) is 7.23. The normalized spacial score (nSPS) is 11.1. The summed E-state index contributed by atoms with van der Waals surface area (Å²) < 4.78 is 21.4. The largest absolute Gasteiger partial charge is 0.495 e. The Hall–Kier alpha value is -4.53. The molecule has 0 spiro atoms. The molecule has 0 aromatic heterocycles. The van der Waals surface area contributed by atoms with Gasteiger partial charge in [0.2, 0.25) is 0 Å². The van der Waals surface area contributed by atoms with Gasteiger partial charge in [-0.05, 0) is 42.8 Å². The van der Waals surface area contributed by atoms with Gasteiger partial charge in [0.05, 0.1) is 25.5 Å². The highest BCUT2D eigenvalue weighted by atomic mass is 16.5. The molecule has 0 aliphatic rings. The minimum atomic E-state index is -0.998. The van der Waals surface area contributed by atoms with E-state index in [4.69, 9.17) is 18.9 Å². The van der Waals surface area contributed by atoms with Crippen molar-refractivity contribution >= 4 is 23.5 Å². The highest BCUT2D eigenvalue weighted by Crippen LogP contribution is 2.29. The molecular formula is C27H28N2O7. The Morgan fingerprint density at radius 2 is 1.53 bits per heavy atom. The monoisotopic (exact) mass is 492 g/mol. The zero-order valence-corrected chi connectivity index (χ0v) is 20.3. The van der Waals surface area contributed by atoms with Crippen LogP contribution in [0.25, 0.3) is 0 Å². The van der Waals surface area contributed by atoms with Crippen molar-refractivity contribution in [1.29, 1.82) is 0 Å². The van der Waals surface area contributed by atoms with Crippen molar-refractivity contribution in [3.8, 4) is 17.2 Å². The first-order valence-electron chi connectivity index (χ1n) is 11.2. The van der Waals surface area contributed by atoms with Crippen LogP contribution >= 0.6 is 0 Å². The van der Waals surface area contributed by atoms with Crippen molar-refractivity contribution < 1.29 is 33.3 Å². The van der Waals surface area contributed by atoms with E-state index in [0.29, 0.717) is 18.0 Å². The fraction of sp³-hybridized carbons (Fsp3) is 0.222. The second kappa shape index (κ2) is 12.8. The van der Waals surface area contributed by atoms with Gasteiger partial charge >= 0.3 is 5.97 Å². The van der Waals surface area contributed by atoms with Crippen LogP contribution in [-0.4, -0.2) is 44.7 Å². The van der Waals surface area contributed by atoms with Gasteiger partial charge in [0, 0.05) is 6.54 Å². The van der Waals surface area contributed by atoms with Crippen LogP contribution in [0.5, 0.6) is 17.2 Å². The number of rotatable bonds is 11. The predicted molar refractivity (Wildman–Crippen MR) is 133 cm³/mol. The van der Waals surface area contributed by atoms with E-state index in [0.717, 1.165) is 5.56 Å². The van der Waals surface area contributed by atoms with Crippen molar-refractivity contribution in [1.82, 2.24) is 5.32 Å². The van der Waals surface area contributed by atoms with Gasteiger partial charge in [0.15, 0.2) is 24.2 Å². The number of hydrogen-bond donors (Lipinski definition) is 2. The number of ether oxygens (including phenoxy) is 4. The first-order chi connectivity index (χ1) is 17.4. The Morgan fingerprint density at radius 1 is 0.833 bits per heavy atom. The molecule has 36 heavy (non-hydrogen) atoms. The summed E-state index contributed by atoms with van der Waals surface area (Å²) >= 11 is 0. The number of carbonyl (C=O) groups excluding carboxylic acids is 3. The van der Waals surface area contributed by atoms with Crippen molar-refractivity contribution in [3.63, 3.8) is 0 Å². The van der Waals surface area contributed by atoms with E-state index < -0.39 is 23.9 Å². The topological polar surface area (TPSA) is 112 Å². The second-order valence-electron chi connectivity index (χ2n) is 7.65. The lowest BCUT2D eigenvalue weighted by Crippen LogP contribution is -2.35. The minimum absolute atomic E-state index is 0.167. The molecule has 3 rings (SSSR count). The Labute approximate surface area is 209 Å². The summed E-state index contributed by atoms with van der Waals surface area (Å²) in [5.41, 5.74) is 1.61. The molecule has 0 radical (unpaired) electrons. The van der Waals surface area contributed by atoms with E-state index in [1.807, 2.05) is 30.3 Å². The van der Waals surface area contributed by atoms with Gasteiger partial charge in [-0.15, -0.1) is 0 Å². The molecule has 9 nitrogen and oxygen atoms in total. The molecule has 1 unspecified atom stereocenters. The summed E-state index contributed by atoms with van der Waals surface area (Å²) in [4.78, 5) is 37.2. The number of para-hydroxylation sites is 2. The highest BCUT2D eigenvalue weighted by Gasteiger charge is 2.20. The zero-order valence-electron chi connectivity index (χ0n) is 20.3. The van der Waals surface area contributed by atoms with E-state index in [1.165, 1.54) is 39.3 Å². The Kier molecular flexibility index (Phi) is 9.27. The highest BCUT2D eigenvalue weighted by molar-refractivity contribution is 5.94. The van der Waals surface area contributed by atoms with Gasteiger partial charge in [-0.2, -0.15) is 0 Å². The quantitative estimate of drug-likeness (QED) is 0.394. The zero-order chi connectivity index (χ0) is 25.9. The average molecular weight is 493 g/mol. The number of nitrogens with one attached hydrogen (secondary N) is 2. The number of carbonyl (C=O) groups is 3. The van der Waals surface area contributed by atoms with Crippen LogP contribution in [-0.2, 0) is 20.9 Å². The summed E-state index contributed by atoms with van der Waals surface area (Å²) in [6.45, 7) is 1.52. The first-order valence-corrected chi connectivity index (χ1v) is 11.2. The van der Waals surface area contributed by atoms with Crippen LogP contribution in [0.3, 0.4) is 0 Å². The van der Waals surface area contributed by atoms with E-state index in [1.54, 1.807) is 24.3 Å². The minimum Gasteiger partial charge on any atom is -0.495 e. The number of methoxy groups -OCH3 is 2. The molecule has 0 heterocycles. The van der Waals surface area contributed by atoms with Gasteiger partial charge in [-0.1, -0.05) is 42.5 Å². The molecule has 0 saturated carbocycles. The smallest absolute Gasteiger partial charge is 0.339 e. The fourth-order valence-electron chi connectivity index (χ4n) is 3.20. The first kappa shape index (κ1) is 26.1. The lowest BCUT2D eigenvalue weighted by Gasteiger charge is -2.15. The van der Waals surface area contributed by atoms with Crippen LogP contribution in [0.1, 0.15) is 22.8 Å². The van der Waals surface area contributed by atoms with Crippen LogP contribution < -0.4 is 24.8 Å². The molecule has 0 aliphatic carbocycles. The van der Waals surface area contributed by atoms with Gasteiger partial charge in [0.25, 0.3) is 11.8 Å². The molecule has 0 bridgehead atoms. The van der Waals surface area contributed by atoms with Crippen LogP contribution in [0.4, 0.5) is 5.69 Å². The van der Waals surface area contributed by atoms with Gasteiger partial charge < -0.3 is 29.6 Å². The number of amides is 2. The third-order valence-corrected chi connectivity index (χ3v) is 5.10. The maximum Gasteiger partial charge on any atom is 0.339 e. The van der Waals surface area contributed by atoms with Crippen LogP contribution in [0.2, 0.25) is 0 Å². The molecule has 2 N–H and O–H groups in total. The summed E-state index contributed by atoms with van der Waals surface area (Å²) in [7, 11) is 2.92. The third-order valence-electron chi connectivity index (χ3n) is 5.10. The lowest BCUT2D eigenvalue weighted by molar-refractivity contribution is -0.129. The molecule has 0 aliphatic heterocycles. The van der Waals surface area contributed by atoms with Gasteiger partial charge in [-0.3, -0.25) is 9.59 Å². The summed E-state index contributed by atoms with van der Waals surface area (Å²) in [6.07, 6.45) is -0.998. The maximum absolute atomic E-state index is 12.6. The molecule has 2 amide bonds. The SMILES string of the molecule is COc1ccccc1NC(=O)COc1ccc(C(=O)OC(C)C(=O)NCc2ccccc2)cc1OC. The van der Waals surface area contributed by atoms with Gasteiger partial charge in [-0.25, -0.2) is 4.79 Å². The number of hydrogen-bond acceptors (Lipinski definition) is 7. The predicted octanol–water partition coefficient (Wildman–Crippen LogP) is 3.58. The lowest BCUT2D eigenvalue weighted by atomic mass is 10.2. The Morgan fingerprint density at radius 3 is 2.25 bits per heavy atom. The van der Waals surface area contributed by atoms with Crippen molar-refractivity contribution in [3.05, 3.63) is 83.9 Å². The fourth-order valence-corrected chi connectivity index (χ4v) is 3.20. The molecule has 9 heteroatoms. The number of anilines is 1. The van der Waals surface area contributed by atoms with E-state index in [9.17, 15) is 14.4 Å². The second-order valence-corrected chi connectivity index (χ2v) is 7.65. The summed E-state index contributed by atoms with van der Waals surface area (Å²) in [5, 5.41) is 5.44. The van der Waals surface area contributed by atoms with Crippen molar-refractivity contribution in [2.45, 2.75) is 19.6 Å². The summed E-state index contributed by atoms with van der Waals surface area (Å²) in [5.74, 6) is -0.500. The average Bonchev–Trinajstić information content (AvgIpc) is 2.91. The molecule has 0 fully saturated rings. The molecule has 1 atom stereocenters. The maximum atomic E-state index is 12.6. The molecule has 3 aromatic carbocycles. The van der Waals surface area contributed by atoms with E-state index in [2.05, 4.69) is 10.6 Å². The summed E-state index contributed by atoms with van der Waals surface area (Å²) in [6, 6.07) is 20.8. The van der Waals surface area contributed by atoms with Crippen molar-refractivity contribution in [2.75, 3.05) is 26.1 Å². The van der Waals surface area contributed by atoms with Crippen LogP contribution in [0.15, 0.2) is 72.8 Å². The molecule has 0 saturated heterocycles. The van der Waals surface area contributed by atoms with Crippen molar-refractivity contribution in [2.24, 2.45) is 0 Å². The number of benzene rings is 3.